The van der Waals surface area contributed by atoms with Crippen LogP contribution in [-0.2, 0) is 0 Å². The van der Waals surface area contributed by atoms with Crippen molar-refractivity contribution in [3.05, 3.63) is 35.6 Å². The van der Waals surface area contributed by atoms with Crippen LogP contribution in [0.25, 0.3) is 0 Å². The zero-order chi connectivity index (χ0) is 10.8. The van der Waals surface area contributed by atoms with Gasteiger partial charge in [-0.15, -0.1) is 0 Å². The van der Waals surface area contributed by atoms with Crippen LogP contribution in [0.5, 0.6) is 0 Å². The lowest BCUT2D eigenvalue weighted by molar-refractivity contribution is -0.138. The lowest BCUT2D eigenvalue weighted by Gasteiger charge is -2.14. The average molecular weight is 207 g/mol. The van der Waals surface area contributed by atoms with Crippen molar-refractivity contribution in [2.45, 2.75) is 18.6 Å². The molecule has 0 heterocycles. The molecule has 1 aromatic rings. The molecule has 78 valence electrons. The fraction of sp³-hybridized carbons (Fsp3) is 0.333. The summed E-state index contributed by atoms with van der Waals surface area (Å²) in [4.78, 5) is 0. The van der Waals surface area contributed by atoms with Crippen molar-refractivity contribution >= 4 is 0 Å². The van der Waals surface area contributed by atoms with Crippen molar-refractivity contribution in [3.63, 3.8) is 0 Å². The molecule has 1 aromatic carbocycles. The minimum atomic E-state index is -4.30. The number of halogens is 4. The minimum absolute atomic E-state index is 0.281. The maximum Gasteiger partial charge on any atom is 0.390 e. The number of rotatable bonds is 2. The molecule has 1 rings (SSSR count). The topological polar surface area (TPSA) is 26.0 Å². The average Bonchev–Trinajstić information content (AvgIpc) is 2.02. The number of hydrogen-bond acceptors (Lipinski definition) is 1. The molecule has 0 aliphatic carbocycles. The van der Waals surface area contributed by atoms with Gasteiger partial charge in [-0.1, -0.05) is 12.1 Å². The lowest BCUT2D eigenvalue weighted by Crippen LogP contribution is -2.20. The van der Waals surface area contributed by atoms with E-state index in [1.54, 1.807) is 0 Å². The van der Waals surface area contributed by atoms with Gasteiger partial charge >= 0.3 is 6.18 Å². The van der Waals surface area contributed by atoms with Crippen LogP contribution in [0.1, 0.15) is 18.0 Å². The van der Waals surface area contributed by atoms with Crippen LogP contribution in [0.2, 0.25) is 0 Å². The zero-order valence-electron chi connectivity index (χ0n) is 7.18. The summed E-state index contributed by atoms with van der Waals surface area (Å²) in [5.41, 5.74) is 5.57. The minimum Gasteiger partial charge on any atom is -0.324 e. The van der Waals surface area contributed by atoms with E-state index in [0.717, 1.165) is 12.1 Å². The Kier molecular flexibility index (Phi) is 3.10. The van der Waals surface area contributed by atoms with Gasteiger partial charge in [0.25, 0.3) is 0 Å². The molecule has 1 nitrogen and oxygen atoms in total. The molecule has 0 spiro atoms. The number of nitrogens with two attached hydrogens (primary N) is 1. The summed E-state index contributed by atoms with van der Waals surface area (Å²) in [6, 6.07) is 3.56. The van der Waals surface area contributed by atoms with Crippen LogP contribution in [0.4, 0.5) is 17.6 Å². The Morgan fingerprint density at radius 2 is 1.64 bits per heavy atom. The van der Waals surface area contributed by atoms with Gasteiger partial charge in [-0.25, -0.2) is 4.39 Å². The molecule has 1 atom stereocenters. The van der Waals surface area contributed by atoms with E-state index in [9.17, 15) is 17.6 Å². The Hall–Kier alpha value is -1.10. The highest BCUT2D eigenvalue weighted by molar-refractivity contribution is 5.19. The fourth-order valence-electron chi connectivity index (χ4n) is 1.08. The Morgan fingerprint density at radius 3 is 2.07 bits per heavy atom. The van der Waals surface area contributed by atoms with Gasteiger partial charge in [0.2, 0.25) is 0 Å². The van der Waals surface area contributed by atoms with E-state index in [1.807, 2.05) is 0 Å². The van der Waals surface area contributed by atoms with Crippen molar-refractivity contribution in [1.29, 1.82) is 0 Å². The Labute approximate surface area is 78.5 Å². The predicted octanol–water partition coefficient (Wildman–Crippen LogP) is 2.78. The second kappa shape index (κ2) is 3.96. The van der Waals surface area contributed by atoms with E-state index in [-0.39, 0.29) is 5.56 Å². The molecule has 0 aromatic heterocycles. The van der Waals surface area contributed by atoms with E-state index in [4.69, 9.17) is 5.73 Å². The highest BCUT2D eigenvalue weighted by atomic mass is 19.4. The second-order valence-corrected chi connectivity index (χ2v) is 2.98. The lowest BCUT2D eigenvalue weighted by atomic mass is 10.0. The normalized spacial score (nSPS) is 14.1. The third kappa shape index (κ3) is 3.33. The van der Waals surface area contributed by atoms with Gasteiger partial charge in [0.1, 0.15) is 5.82 Å². The molecule has 5 heteroatoms. The third-order valence-corrected chi connectivity index (χ3v) is 1.75. The van der Waals surface area contributed by atoms with Gasteiger partial charge in [0, 0.05) is 6.04 Å². The second-order valence-electron chi connectivity index (χ2n) is 2.98. The molecule has 0 aliphatic heterocycles. The van der Waals surface area contributed by atoms with Crippen LogP contribution in [0.3, 0.4) is 0 Å². The summed E-state index contributed by atoms with van der Waals surface area (Å²) in [5.74, 6) is -0.493. The van der Waals surface area contributed by atoms with Gasteiger partial charge in [-0.3, -0.25) is 0 Å². The molecular formula is C9H9F4N. The summed E-state index contributed by atoms with van der Waals surface area (Å²) in [7, 11) is 0. The van der Waals surface area contributed by atoms with E-state index >= 15 is 0 Å². The molecule has 2 N–H and O–H groups in total. The highest BCUT2D eigenvalue weighted by Crippen LogP contribution is 2.27. The Bertz CT molecular complexity index is 291. The molecule has 1 unspecified atom stereocenters. The molecule has 0 bridgehead atoms. The van der Waals surface area contributed by atoms with Crippen molar-refractivity contribution in [2.75, 3.05) is 0 Å². The van der Waals surface area contributed by atoms with Crippen molar-refractivity contribution in [3.8, 4) is 0 Å². The zero-order valence-corrected chi connectivity index (χ0v) is 7.18. The first-order chi connectivity index (χ1) is 6.38. The van der Waals surface area contributed by atoms with Crippen LogP contribution >= 0.6 is 0 Å². The highest BCUT2D eigenvalue weighted by Gasteiger charge is 2.30. The van der Waals surface area contributed by atoms with Crippen molar-refractivity contribution in [1.82, 2.24) is 0 Å². The molecule has 0 saturated carbocycles. The maximum absolute atomic E-state index is 12.4. The first-order valence-corrected chi connectivity index (χ1v) is 3.96. The number of hydrogen-bond donors (Lipinski definition) is 1. The number of benzene rings is 1. The first-order valence-electron chi connectivity index (χ1n) is 3.96. The van der Waals surface area contributed by atoms with Gasteiger partial charge < -0.3 is 5.73 Å². The van der Waals surface area contributed by atoms with Crippen LogP contribution in [0, 0.1) is 5.82 Å². The first kappa shape index (κ1) is 11.0. The predicted molar refractivity (Wildman–Crippen MR) is 44.0 cm³/mol. The molecule has 0 fully saturated rings. The molecule has 0 aliphatic rings. The van der Waals surface area contributed by atoms with Crippen LogP contribution < -0.4 is 5.73 Å². The molecule has 0 amide bonds. The maximum atomic E-state index is 12.4. The van der Waals surface area contributed by atoms with Gasteiger partial charge in [0.15, 0.2) is 0 Å². The van der Waals surface area contributed by atoms with E-state index < -0.39 is 24.5 Å². The molecule has 0 radical (unpaired) electrons. The van der Waals surface area contributed by atoms with Crippen molar-refractivity contribution in [2.24, 2.45) is 5.73 Å². The van der Waals surface area contributed by atoms with Crippen molar-refractivity contribution < 1.29 is 17.6 Å². The monoisotopic (exact) mass is 207 g/mol. The largest absolute Gasteiger partial charge is 0.390 e. The summed E-state index contributed by atoms with van der Waals surface area (Å²) < 4.78 is 48.2. The fourth-order valence-corrected chi connectivity index (χ4v) is 1.08. The standard InChI is InChI=1S/C9H9F4N/c10-7-3-1-6(2-4-7)8(14)5-9(11,12)13/h1-4,8H,5,14H2. The van der Waals surface area contributed by atoms with E-state index in [1.165, 1.54) is 12.1 Å². The SMILES string of the molecule is NC(CC(F)(F)F)c1ccc(F)cc1. The van der Waals surface area contributed by atoms with E-state index in [0.29, 0.717) is 0 Å². The van der Waals surface area contributed by atoms with Crippen LogP contribution in [-0.4, -0.2) is 6.18 Å². The van der Waals surface area contributed by atoms with Gasteiger partial charge in [-0.05, 0) is 17.7 Å². The quantitative estimate of drug-likeness (QED) is 0.741. The molecule has 14 heavy (non-hydrogen) atoms. The molecular weight excluding hydrogens is 198 g/mol. The third-order valence-electron chi connectivity index (χ3n) is 1.75. The number of alkyl halides is 3. The summed E-state index contributed by atoms with van der Waals surface area (Å²) in [5, 5.41) is 0. The summed E-state index contributed by atoms with van der Waals surface area (Å²) in [6.07, 6.45) is -5.40. The summed E-state index contributed by atoms with van der Waals surface area (Å²) >= 11 is 0. The van der Waals surface area contributed by atoms with Gasteiger partial charge in [-0.2, -0.15) is 13.2 Å². The summed E-state index contributed by atoms with van der Waals surface area (Å²) in [6.45, 7) is 0. The van der Waals surface area contributed by atoms with E-state index in [2.05, 4.69) is 0 Å². The molecule has 0 saturated heterocycles. The smallest absolute Gasteiger partial charge is 0.324 e. The van der Waals surface area contributed by atoms with Gasteiger partial charge in [0.05, 0.1) is 6.42 Å². The Balaban J connectivity index is 2.70. The Morgan fingerprint density at radius 1 is 1.14 bits per heavy atom. The van der Waals surface area contributed by atoms with Crippen LogP contribution in [0.15, 0.2) is 24.3 Å².